The number of morpholine rings is 1. The molecule has 1 aliphatic rings. The molecule has 0 spiro atoms. The first-order valence-corrected chi connectivity index (χ1v) is 12.9. The van der Waals surface area contributed by atoms with E-state index in [9.17, 15) is 0 Å². The van der Waals surface area contributed by atoms with Crippen molar-refractivity contribution in [2.24, 2.45) is 22.5 Å². The Morgan fingerprint density at radius 1 is 1.21 bits per heavy atom. The molecule has 1 aromatic heterocycles. The molecule has 0 bridgehead atoms. The average molecular weight is 537 g/mol. The number of nitrogens with one attached hydrogen (secondary N) is 3. The molecule has 39 heavy (non-hydrogen) atoms. The molecular weight excluding hydrogens is 496 g/mol. The fraction of sp³-hybridized carbons (Fsp3) is 0.357. The minimum Gasteiger partial charge on any atom is -0.476 e. The quantitative estimate of drug-likeness (QED) is 0.0802. The molecule has 1 aromatic carbocycles. The van der Waals surface area contributed by atoms with Crippen molar-refractivity contribution >= 4 is 5.90 Å². The van der Waals surface area contributed by atoms with Crippen molar-refractivity contribution < 1.29 is 14.0 Å². The average Bonchev–Trinajstić information content (AvgIpc) is 3.40. The van der Waals surface area contributed by atoms with E-state index in [2.05, 4.69) is 44.3 Å². The van der Waals surface area contributed by atoms with E-state index >= 15 is 0 Å². The van der Waals surface area contributed by atoms with Crippen molar-refractivity contribution in [1.29, 1.82) is 0 Å². The lowest BCUT2D eigenvalue weighted by Gasteiger charge is -2.26. The molecule has 3 rings (SSSR count). The van der Waals surface area contributed by atoms with Gasteiger partial charge in [0.1, 0.15) is 23.9 Å². The number of rotatable bonds is 14. The molecule has 11 heteroatoms. The Morgan fingerprint density at radius 3 is 2.64 bits per heavy atom. The highest BCUT2D eigenvalue weighted by Gasteiger charge is 2.11. The molecular formula is C28H40N8O3. The number of aliphatic imine (C=N–C) groups is 1. The third kappa shape index (κ3) is 10.3. The molecule has 2 heterocycles. The predicted octanol–water partition coefficient (Wildman–Crippen LogP) is 2.56. The van der Waals surface area contributed by atoms with Crippen molar-refractivity contribution in [1.82, 2.24) is 26.1 Å². The monoisotopic (exact) mass is 536 g/mol. The highest BCUT2D eigenvalue weighted by atomic mass is 16.5. The molecule has 0 amide bonds. The molecule has 0 saturated carbocycles. The third-order valence-electron chi connectivity index (χ3n) is 5.80. The van der Waals surface area contributed by atoms with E-state index in [-0.39, 0.29) is 5.92 Å². The first-order chi connectivity index (χ1) is 18.8. The summed E-state index contributed by atoms with van der Waals surface area (Å²) in [5.41, 5.74) is 12.0. The number of benzene rings is 1. The number of hydrazine groups is 1. The van der Waals surface area contributed by atoms with E-state index in [4.69, 9.17) is 25.6 Å². The van der Waals surface area contributed by atoms with Crippen molar-refractivity contribution in [3.05, 3.63) is 90.5 Å². The van der Waals surface area contributed by atoms with Gasteiger partial charge in [0, 0.05) is 48.7 Å². The summed E-state index contributed by atoms with van der Waals surface area (Å²) in [4.78, 5) is 6.77. The highest BCUT2D eigenvalue weighted by molar-refractivity contribution is 5.89. The number of nitrogens with two attached hydrogens (primary N) is 2. The van der Waals surface area contributed by atoms with Crippen LogP contribution in [0.2, 0.25) is 0 Å². The first-order valence-electron chi connectivity index (χ1n) is 12.9. The summed E-state index contributed by atoms with van der Waals surface area (Å²) in [6.07, 6.45) is 3.39. The van der Waals surface area contributed by atoms with E-state index in [0.717, 1.165) is 49.8 Å². The second-order valence-electron chi connectivity index (χ2n) is 9.25. The van der Waals surface area contributed by atoms with E-state index in [1.54, 1.807) is 12.2 Å². The van der Waals surface area contributed by atoms with Gasteiger partial charge in [-0.15, -0.1) is 0 Å². The maximum absolute atomic E-state index is 6.23. The smallest absolute Gasteiger partial charge is 0.218 e. The van der Waals surface area contributed by atoms with Gasteiger partial charge in [-0.1, -0.05) is 62.5 Å². The lowest BCUT2D eigenvalue weighted by Crippen LogP contribution is -2.38. The summed E-state index contributed by atoms with van der Waals surface area (Å²) in [7, 11) is 0. The van der Waals surface area contributed by atoms with Crippen LogP contribution in [0.15, 0.2) is 94.3 Å². The Bertz CT molecular complexity index is 1160. The zero-order chi connectivity index (χ0) is 28.0. The predicted molar refractivity (Wildman–Crippen MR) is 153 cm³/mol. The van der Waals surface area contributed by atoms with E-state index < -0.39 is 0 Å². The van der Waals surface area contributed by atoms with Crippen molar-refractivity contribution in [2.75, 3.05) is 39.5 Å². The van der Waals surface area contributed by atoms with Crippen LogP contribution in [0.1, 0.15) is 19.6 Å². The van der Waals surface area contributed by atoms with Gasteiger partial charge in [-0.05, 0) is 12.0 Å². The fourth-order valence-corrected chi connectivity index (χ4v) is 3.67. The number of nitrogens with zero attached hydrogens (tertiary/aromatic N) is 3. The second kappa shape index (κ2) is 15.4. The Balaban J connectivity index is 1.64. The molecule has 1 aliphatic heterocycles. The summed E-state index contributed by atoms with van der Waals surface area (Å²) in [5, 5.41) is 10.3. The van der Waals surface area contributed by atoms with Gasteiger partial charge >= 0.3 is 0 Å². The zero-order valence-electron chi connectivity index (χ0n) is 22.8. The number of ether oxygens (including phenoxy) is 2. The maximum atomic E-state index is 6.23. The minimum atomic E-state index is 0.196. The molecule has 0 aliphatic carbocycles. The zero-order valence-corrected chi connectivity index (χ0v) is 22.8. The fourth-order valence-electron chi connectivity index (χ4n) is 3.67. The number of hydrogen-bond donors (Lipinski definition) is 5. The summed E-state index contributed by atoms with van der Waals surface area (Å²) in [5.74, 6) is 7.42. The SMILES string of the molecule is C=C(/C=C(\NN)C(C)C)N/C(N)=C/C(=N\C(=C)NCc1cc(-c2ccccc2)no1)OCCN1CCOCC1. The number of hydrogen-bond acceptors (Lipinski definition) is 11. The van der Waals surface area contributed by atoms with Gasteiger partial charge in [-0.25, -0.2) is 0 Å². The molecule has 210 valence electrons. The molecule has 0 unspecified atom stereocenters. The minimum absolute atomic E-state index is 0.196. The van der Waals surface area contributed by atoms with Crippen LogP contribution < -0.4 is 27.6 Å². The topological polar surface area (TPSA) is 148 Å². The highest BCUT2D eigenvalue weighted by Crippen LogP contribution is 2.18. The Hall–Kier alpha value is -4.06. The van der Waals surface area contributed by atoms with Crippen molar-refractivity contribution in [3.8, 4) is 11.3 Å². The van der Waals surface area contributed by atoms with Crippen LogP contribution in [0.4, 0.5) is 0 Å². The van der Waals surface area contributed by atoms with Crippen LogP contribution in [-0.4, -0.2) is 55.4 Å². The second-order valence-corrected chi connectivity index (χ2v) is 9.25. The number of aromatic nitrogens is 1. The van der Waals surface area contributed by atoms with Crippen LogP contribution in [0.25, 0.3) is 11.3 Å². The standard InChI is InChI=1S/C28H40N8O3/c1-20(2)25(34-30)16-21(3)32-27(29)18-28(38-15-12-36-10-13-37-14-11-36)33-22(4)31-19-24-17-26(35-39-24)23-8-6-5-7-9-23/h5-9,16-18,20,31-32,34H,3-4,10-15,19,29-30H2,1-2H3/b25-16-,27-18+,33-28+. The molecule has 0 radical (unpaired) electrons. The first kappa shape index (κ1) is 29.5. The maximum Gasteiger partial charge on any atom is 0.218 e. The normalized spacial score (nSPS) is 15.2. The van der Waals surface area contributed by atoms with Gasteiger partial charge < -0.3 is 35.8 Å². The van der Waals surface area contributed by atoms with Crippen molar-refractivity contribution in [2.45, 2.75) is 20.4 Å². The van der Waals surface area contributed by atoms with E-state index in [0.29, 0.717) is 42.1 Å². The molecule has 2 aromatic rings. The van der Waals surface area contributed by atoms with E-state index in [1.165, 1.54) is 0 Å². The summed E-state index contributed by atoms with van der Waals surface area (Å²) >= 11 is 0. The lowest BCUT2D eigenvalue weighted by atomic mass is 10.1. The largest absolute Gasteiger partial charge is 0.476 e. The van der Waals surface area contributed by atoms with Gasteiger partial charge in [-0.3, -0.25) is 10.7 Å². The van der Waals surface area contributed by atoms with Crippen LogP contribution in [-0.2, 0) is 16.0 Å². The van der Waals surface area contributed by atoms with Gasteiger partial charge in [0.2, 0.25) is 5.90 Å². The van der Waals surface area contributed by atoms with Gasteiger partial charge in [0.25, 0.3) is 0 Å². The summed E-state index contributed by atoms with van der Waals surface area (Å²) < 4.78 is 16.8. The van der Waals surface area contributed by atoms with Crippen molar-refractivity contribution in [3.63, 3.8) is 0 Å². The Kier molecular flexibility index (Phi) is 11.6. The molecule has 1 saturated heterocycles. The third-order valence-corrected chi connectivity index (χ3v) is 5.80. The van der Waals surface area contributed by atoms with Crippen LogP contribution in [0, 0.1) is 5.92 Å². The van der Waals surface area contributed by atoms with Gasteiger partial charge in [0.15, 0.2) is 5.76 Å². The Morgan fingerprint density at radius 2 is 1.95 bits per heavy atom. The van der Waals surface area contributed by atoms with Gasteiger partial charge in [-0.2, -0.15) is 4.99 Å². The van der Waals surface area contributed by atoms with E-state index in [1.807, 2.05) is 50.2 Å². The van der Waals surface area contributed by atoms with Crippen LogP contribution in [0.5, 0.6) is 0 Å². The summed E-state index contributed by atoms with van der Waals surface area (Å²) in [6.45, 7) is 16.7. The lowest BCUT2D eigenvalue weighted by molar-refractivity contribution is 0.0316. The summed E-state index contributed by atoms with van der Waals surface area (Å²) in [6, 6.07) is 11.7. The van der Waals surface area contributed by atoms with Crippen LogP contribution in [0.3, 0.4) is 0 Å². The molecule has 1 fully saturated rings. The van der Waals surface area contributed by atoms with Crippen LogP contribution >= 0.6 is 0 Å². The molecule has 11 nitrogen and oxygen atoms in total. The number of allylic oxidation sites excluding steroid dienone is 2. The molecule has 0 atom stereocenters. The Labute approximate surface area is 230 Å². The molecule has 7 N–H and O–H groups in total. The van der Waals surface area contributed by atoms with Gasteiger partial charge in [0.05, 0.1) is 19.8 Å².